The molecule has 0 aliphatic heterocycles. The highest BCUT2D eigenvalue weighted by molar-refractivity contribution is 5.20. The van der Waals surface area contributed by atoms with E-state index in [1.54, 1.807) is 5.57 Å². The summed E-state index contributed by atoms with van der Waals surface area (Å²) in [5, 5.41) is 0. The lowest BCUT2D eigenvalue weighted by molar-refractivity contribution is 0.490. The van der Waals surface area contributed by atoms with E-state index in [4.69, 9.17) is 0 Å². The first-order valence-corrected chi connectivity index (χ1v) is 4.93. The minimum Gasteiger partial charge on any atom is -0.0788 e. The maximum absolute atomic E-state index is 2.60. The van der Waals surface area contributed by atoms with E-state index in [0.29, 0.717) is 0 Å². The van der Waals surface area contributed by atoms with Gasteiger partial charge in [0, 0.05) is 0 Å². The van der Waals surface area contributed by atoms with Crippen molar-refractivity contribution in [1.82, 2.24) is 0 Å². The van der Waals surface area contributed by atoms with Gasteiger partial charge in [0.15, 0.2) is 0 Å². The molecule has 0 nitrogen and oxygen atoms in total. The van der Waals surface area contributed by atoms with E-state index in [1.807, 2.05) is 0 Å². The van der Waals surface area contributed by atoms with Crippen molar-refractivity contribution in [2.24, 2.45) is 11.3 Å². The van der Waals surface area contributed by atoms with Crippen LogP contribution < -0.4 is 0 Å². The second kappa shape index (κ2) is 2.36. The number of hydrogen-bond acceptors (Lipinski definition) is 0. The Morgan fingerprint density at radius 3 is 2.55 bits per heavy atom. The Morgan fingerprint density at radius 2 is 2.00 bits per heavy atom. The summed E-state index contributed by atoms with van der Waals surface area (Å²) in [6.07, 6.45) is 9.85. The van der Waals surface area contributed by atoms with Gasteiger partial charge in [0.2, 0.25) is 0 Å². The molecule has 0 N–H and O–H groups in total. The van der Waals surface area contributed by atoms with Gasteiger partial charge in [-0.15, -0.1) is 0 Å². The van der Waals surface area contributed by atoms with Crippen LogP contribution in [0.1, 0.15) is 46.0 Å². The molecule has 1 fully saturated rings. The van der Waals surface area contributed by atoms with E-state index in [1.165, 1.54) is 32.1 Å². The van der Waals surface area contributed by atoms with Gasteiger partial charge in [0.05, 0.1) is 0 Å². The predicted molar refractivity (Wildman–Crippen MR) is 48.4 cm³/mol. The molecule has 0 radical (unpaired) electrons. The number of rotatable bonds is 1. The Labute approximate surface area is 69.7 Å². The first-order chi connectivity index (χ1) is 5.22. The largest absolute Gasteiger partial charge is 0.0788 e. The van der Waals surface area contributed by atoms with Gasteiger partial charge in [-0.3, -0.25) is 0 Å². The molecule has 1 spiro atoms. The average Bonchev–Trinajstić information content (AvgIpc) is 2.69. The lowest BCUT2D eigenvalue weighted by Gasteiger charge is -2.22. The Hall–Kier alpha value is -0.260. The third-order valence-corrected chi connectivity index (χ3v) is 3.27. The van der Waals surface area contributed by atoms with Crippen molar-refractivity contribution in [3.8, 4) is 0 Å². The normalized spacial score (nSPS) is 27.4. The van der Waals surface area contributed by atoms with Crippen LogP contribution in [-0.2, 0) is 0 Å². The molecule has 2 aliphatic rings. The van der Waals surface area contributed by atoms with E-state index in [9.17, 15) is 0 Å². The van der Waals surface area contributed by atoms with Crippen molar-refractivity contribution in [3.05, 3.63) is 11.6 Å². The molecule has 0 heteroatoms. The molecular weight excluding hydrogens is 132 g/mol. The van der Waals surface area contributed by atoms with Crippen LogP contribution in [0.5, 0.6) is 0 Å². The molecule has 0 aromatic rings. The van der Waals surface area contributed by atoms with Gasteiger partial charge in [-0.1, -0.05) is 25.5 Å². The van der Waals surface area contributed by atoms with Gasteiger partial charge in [0.1, 0.15) is 0 Å². The summed E-state index contributed by atoms with van der Waals surface area (Å²) < 4.78 is 0. The molecule has 2 rings (SSSR count). The quantitative estimate of drug-likeness (QED) is 0.502. The molecule has 11 heavy (non-hydrogen) atoms. The number of hydrogen-bond donors (Lipinski definition) is 0. The summed E-state index contributed by atoms with van der Waals surface area (Å²) in [6, 6.07) is 0. The van der Waals surface area contributed by atoms with Crippen LogP contribution in [0.15, 0.2) is 11.6 Å². The zero-order valence-electron chi connectivity index (χ0n) is 7.69. The molecule has 0 aromatic heterocycles. The summed E-state index contributed by atoms with van der Waals surface area (Å²) in [5.41, 5.74) is 2.45. The molecule has 62 valence electrons. The third kappa shape index (κ3) is 1.36. The highest BCUT2D eigenvalue weighted by atomic mass is 14.5. The Bertz CT molecular complexity index is 182. The lowest BCUT2D eigenvalue weighted by Crippen LogP contribution is -2.07. The van der Waals surface area contributed by atoms with Crippen LogP contribution in [0.4, 0.5) is 0 Å². The van der Waals surface area contributed by atoms with Crippen LogP contribution in [-0.4, -0.2) is 0 Å². The van der Waals surface area contributed by atoms with E-state index >= 15 is 0 Å². The molecule has 0 saturated heterocycles. The van der Waals surface area contributed by atoms with Crippen molar-refractivity contribution in [2.75, 3.05) is 0 Å². The Morgan fingerprint density at radius 1 is 1.27 bits per heavy atom. The van der Waals surface area contributed by atoms with Gasteiger partial charge >= 0.3 is 0 Å². The number of allylic oxidation sites excluding steroid dienone is 2. The first-order valence-electron chi connectivity index (χ1n) is 4.93. The average molecular weight is 150 g/mol. The first kappa shape index (κ1) is 7.39. The zero-order valence-corrected chi connectivity index (χ0v) is 7.69. The molecule has 1 saturated carbocycles. The zero-order chi connectivity index (χ0) is 7.90. The lowest BCUT2D eigenvalue weighted by atomic mass is 9.84. The Kier molecular flexibility index (Phi) is 1.59. The van der Waals surface area contributed by atoms with Gasteiger partial charge in [-0.05, 0) is 43.4 Å². The van der Waals surface area contributed by atoms with Crippen molar-refractivity contribution < 1.29 is 0 Å². The second-order valence-corrected chi connectivity index (χ2v) is 4.59. The van der Waals surface area contributed by atoms with E-state index in [-0.39, 0.29) is 0 Å². The van der Waals surface area contributed by atoms with Crippen LogP contribution in [0.3, 0.4) is 0 Å². The summed E-state index contributed by atoms with van der Waals surface area (Å²) in [5.74, 6) is 0.799. The highest BCUT2D eigenvalue weighted by Gasteiger charge is 2.41. The monoisotopic (exact) mass is 150 g/mol. The van der Waals surface area contributed by atoms with Gasteiger partial charge in [-0.25, -0.2) is 0 Å². The van der Waals surface area contributed by atoms with Gasteiger partial charge in [0.25, 0.3) is 0 Å². The maximum atomic E-state index is 2.60. The predicted octanol–water partition coefficient (Wildman–Crippen LogP) is 3.53. The van der Waals surface area contributed by atoms with Crippen LogP contribution in [0.25, 0.3) is 0 Å². The third-order valence-electron chi connectivity index (χ3n) is 3.27. The van der Waals surface area contributed by atoms with Crippen LogP contribution in [0, 0.1) is 11.3 Å². The molecule has 0 bridgehead atoms. The fourth-order valence-corrected chi connectivity index (χ4v) is 2.19. The van der Waals surface area contributed by atoms with Crippen molar-refractivity contribution in [2.45, 2.75) is 46.0 Å². The van der Waals surface area contributed by atoms with Gasteiger partial charge < -0.3 is 0 Å². The standard InChI is InChI=1S/C11H18/c1-9(2)10-4-3-5-11(8-10)6-7-11/h8-9H,3-7H2,1-2H3. The minimum atomic E-state index is 0.720. The van der Waals surface area contributed by atoms with E-state index < -0.39 is 0 Å². The molecule has 2 aliphatic carbocycles. The molecule has 0 heterocycles. The molecule has 0 aromatic carbocycles. The van der Waals surface area contributed by atoms with Crippen molar-refractivity contribution in [3.63, 3.8) is 0 Å². The second-order valence-electron chi connectivity index (χ2n) is 4.59. The van der Waals surface area contributed by atoms with Crippen LogP contribution in [0.2, 0.25) is 0 Å². The minimum absolute atomic E-state index is 0.720. The topological polar surface area (TPSA) is 0 Å². The van der Waals surface area contributed by atoms with Crippen molar-refractivity contribution in [1.29, 1.82) is 0 Å². The summed E-state index contributed by atoms with van der Waals surface area (Å²) in [6.45, 7) is 4.65. The SMILES string of the molecule is CC(C)C1=CC2(CCC1)CC2. The highest BCUT2D eigenvalue weighted by Crippen LogP contribution is 2.54. The smallest absolute Gasteiger partial charge is 0.0115 e. The molecule has 0 atom stereocenters. The van der Waals surface area contributed by atoms with E-state index in [0.717, 1.165) is 11.3 Å². The summed E-state index contributed by atoms with van der Waals surface area (Å²) in [7, 11) is 0. The van der Waals surface area contributed by atoms with E-state index in [2.05, 4.69) is 19.9 Å². The van der Waals surface area contributed by atoms with Crippen LogP contribution >= 0.6 is 0 Å². The fourth-order valence-electron chi connectivity index (χ4n) is 2.19. The summed E-state index contributed by atoms with van der Waals surface area (Å²) in [4.78, 5) is 0. The fraction of sp³-hybridized carbons (Fsp3) is 0.818. The Balaban J connectivity index is 2.14. The summed E-state index contributed by atoms with van der Waals surface area (Å²) >= 11 is 0. The van der Waals surface area contributed by atoms with Gasteiger partial charge in [-0.2, -0.15) is 0 Å². The molecule has 0 amide bonds. The molecule has 0 unspecified atom stereocenters. The van der Waals surface area contributed by atoms with Crippen molar-refractivity contribution >= 4 is 0 Å². The molecular formula is C11H18. The maximum Gasteiger partial charge on any atom is -0.0115 e.